The largest absolute Gasteiger partial charge is 0.493 e. The first-order valence-corrected chi connectivity index (χ1v) is 10.1. The van der Waals surface area contributed by atoms with Gasteiger partial charge in [-0.15, -0.1) is 11.3 Å². The fourth-order valence-electron chi connectivity index (χ4n) is 3.43. The van der Waals surface area contributed by atoms with Gasteiger partial charge in [-0.05, 0) is 49.9 Å². The summed E-state index contributed by atoms with van der Waals surface area (Å²) < 4.78 is 8.87. The molecule has 3 rings (SSSR count). The van der Waals surface area contributed by atoms with Gasteiger partial charge in [-0.2, -0.15) is 0 Å². The molecule has 0 aliphatic heterocycles. The van der Waals surface area contributed by atoms with Crippen LogP contribution in [0.3, 0.4) is 0 Å². The van der Waals surface area contributed by atoms with Gasteiger partial charge >= 0.3 is 0 Å². The van der Waals surface area contributed by atoms with Crippen molar-refractivity contribution in [1.29, 1.82) is 0 Å². The molecule has 0 aliphatic rings. The van der Waals surface area contributed by atoms with Crippen molar-refractivity contribution in [2.45, 2.75) is 59.8 Å². The van der Waals surface area contributed by atoms with Crippen LogP contribution in [0.1, 0.15) is 56.2 Å². The molecule has 0 saturated heterocycles. The molecule has 0 fully saturated rings. The van der Waals surface area contributed by atoms with Gasteiger partial charge in [0.15, 0.2) is 0 Å². The van der Waals surface area contributed by atoms with E-state index in [9.17, 15) is 0 Å². The van der Waals surface area contributed by atoms with Gasteiger partial charge in [0.2, 0.25) is 0 Å². The van der Waals surface area contributed by atoms with E-state index in [1.54, 1.807) is 0 Å². The Morgan fingerprint density at radius 2 is 1.54 bits per heavy atom. The predicted molar refractivity (Wildman–Crippen MR) is 108 cm³/mol. The summed E-state index contributed by atoms with van der Waals surface area (Å²) in [4.78, 5) is 0. The van der Waals surface area contributed by atoms with Gasteiger partial charge in [-0.25, -0.2) is 0 Å². The zero-order valence-electron chi connectivity index (χ0n) is 15.4. The molecule has 1 aromatic heterocycles. The smallest absolute Gasteiger partial charge is 0.123 e. The molecule has 1 nitrogen and oxygen atoms in total. The number of ether oxygens (including phenoxy) is 1. The summed E-state index contributed by atoms with van der Waals surface area (Å²) in [6, 6.07) is 9.03. The number of thiophene rings is 1. The molecule has 0 saturated carbocycles. The predicted octanol–water partition coefficient (Wildman–Crippen LogP) is 7.19. The van der Waals surface area contributed by atoms with Gasteiger partial charge in [0.05, 0.1) is 6.61 Å². The molecule has 3 aromatic rings. The molecule has 128 valence electrons. The molecule has 1 heterocycles. The van der Waals surface area contributed by atoms with Crippen LogP contribution in [0, 0.1) is 13.8 Å². The lowest BCUT2D eigenvalue weighted by Gasteiger charge is -2.09. The zero-order valence-corrected chi connectivity index (χ0v) is 16.2. The molecule has 0 aliphatic carbocycles. The molecule has 2 aromatic carbocycles. The minimum absolute atomic E-state index is 0.824. The molecule has 0 spiro atoms. The van der Waals surface area contributed by atoms with Gasteiger partial charge < -0.3 is 4.74 Å². The van der Waals surface area contributed by atoms with Crippen LogP contribution in [-0.2, 0) is 6.42 Å². The summed E-state index contributed by atoms with van der Waals surface area (Å²) in [6.45, 7) is 9.78. The normalized spacial score (nSPS) is 11.5. The maximum Gasteiger partial charge on any atom is 0.123 e. The quantitative estimate of drug-likeness (QED) is 0.413. The molecule has 24 heavy (non-hydrogen) atoms. The lowest BCUT2D eigenvalue weighted by Crippen LogP contribution is -1.98. The Balaban J connectivity index is 2.01. The second-order valence-corrected chi connectivity index (χ2v) is 7.72. The number of rotatable bonds is 7. The van der Waals surface area contributed by atoms with E-state index >= 15 is 0 Å². The Labute approximate surface area is 149 Å². The Morgan fingerprint density at radius 1 is 0.833 bits per heavy atom. The van der Waals surface area contributed by atoms with Crippen LogP contribution in [0.25, 0.3) is 20.2 Å². The number of hydrogen-bond donors (Lipinski definition) is 0. The molecular weight excluding hydrogens is 312 g/mol. The van der Waals surface area contributed by atoms with Crippen LogP contribution in [0.5, 0.6) is 5.75 Å². The van der Waals surface area contributed by atoms with Crippen molar-refractivity contribution in [3.05, 3.63) is 41.0 Å². The molecule has 0 amide bonds. The lowest BCUT2D eigenvalue weighted by molar-refractivity contribution is 0.305. The minimum atomic E-state index is 0.824. The van der Waals surface area contributed by atoms with Gasteiger partial charge in [-0.1, -0.05) is 45.2 Å². The SMILES string of the molecule is CCCCCOc1ccc2c(sc3c(C)c(CCC)ccc32)c1C. The number of benzene rings is 2. The summed E-state index contributed by atoms with van der Waals surface area (Å²) in [7, 11) is 0. The summed E-state index contributed by atoms with van der Waals surface area (Å²) in [5, 5.41) is 2.77. The van der Waals surface area contributed by atoms with Crippen LogP contribution < -0.4 is 4.74 Å². The molecular formula is C22H28OS. The third kappa shape index (κ3) is 3.17. The summed E-state index contributed by atoms with van der Waals surface area (Å²) in [5.74, 6) is 1.05. The molecule has 0 bridgehead atoms. The van der Waals surface area contributed by atoms with Gasteiger partial charge in [0.25, 0.3) is 0 Å². The summed E-state index contributed by atoms with van der Waals surface area (Å²) >= 11 is 1.93. The van der Waals surface area contributed by atoms with E-state index in [1.807, 2.05) is 11.3 Å². The summed E-state index contributed by atoms with van der Waals surface area (Å²) in [5.41, 5.74) is 4.24. The second kappa shape index (κ2) is 7.57. The molecule has 0 unspecified atom stereocenters. The highest BCUT2D eigenvalue weighted by Gasteiger charge is 2.13. The molecule has 0 N–H and O–H groups in total. The van der Waals surface area contributed by atoms with Crippen molar-refractivity contribution < 1.29 is 4.74 Å². The van der Waals surface area contributed by atoms with Gasteiger partial charge in [0, 0.05) is 25.7 Å². The van der Waals surface area contributed by atoms with Crippen molar-refractivity contribution in [1.82, 2.24) is 0 Å². The van der Waals surface area contributed by atoms with E-state index in [2.05, 4.69) is 52.0 Å². The van der Waals surface area contributed by atoms with E-state index in [0.29, 0.717) is 0 Å². The van der Waals surface area contributed by atoms with Crippen molar-refractivity contribution in [3.8, 4) is 5.75 Å². The highest BCUT2D eigenvalue weighted by atomic mass is 32.1. The first-order valence-electron chi connectivity index (χ1n) is 9.24. The average molecular weight is 341 g/mol. The van der Waals surface area contributed by atoms with E-state index in [4.69, 9.17) is 4.74 Å². The highest BCUT2D eigenvalue weighted by Crippen LogP contribution is 2.41. The second-order valence-electron chi connectivity index (χ2n) is 6.70. The average Bonchev–Trinajstić information content (AvgIpc) is 2.96. The Hall–Kier alpha value is -1.54. The fourth-order valence-corrected chi connectivity index (χ4v) is 4.74. The van der Waals surface area contributed by atoms with Crippen LogP contribution in [-0.4, -0.2) is 6.61 Å². The van der Waals surface area contributed by atoms with E-state index < -0.39 is 0 Å². The van der Waals surface area contributed by atoms with Crippen LogP contribution in [0.15, 0.2) is 24.3 Å². The maximum absolute atomic E-state index is 6.04. The maximum atomic E-state index is 6.04. The van der Waals surface area contributed by atoms with Crippen LogP contribution in [0.4, 0.5) is 0 Å². The van der Waals surface area contributed by atoms with Crippen LogP contribution >= 0.6 is 11.3 Å². The van der Waals surface area contributed by atoms with Crippen LogP contribution in [0.2, 0.25) is 0 Å². The Morgan fingerprint density at radius 3 is 2.25 bits per heavy atom. The third-order valence-electron chi connectivity index (χ3n) is 4.89. The Bertz CT molecular complexity index is 844. The molecule has 2 heteroatoms. The van der Waals surface area contributed by atoms with Gasteiger partial charge in [0.1, 0.15) is 5.75 Å². The van der Waals surface area contributed by atoms with E-state index in [0.717, 1.165) is 18.8 Å². The lowest BCUT2D eigenvalue weighted by atomic mass is 10.0. The van der Waals surface area contributed by atoms with Crippen molar-refractivity contribution >= 4 is 31.5 Å². The monoisotopic (exact) mass is 340 g/mol. The summed E-state index contributed by atoms with van der Waals surface area (Å²) in [6.07, 6.45) is 5.98. The van der Waals surface area contributed by atoms with E-state index in [1.165, 1.54) is 62.5 Å². The highest BCUT2D eigenvalue weighted by molar-refractivity contribution is 7.26. The first-order chi connectivity index (χ1) is 11.7. The standard InChI is InChI=1S/C22H28OS/c1-5-7-8-14-23-20-13-12-19-18-11-10-17(9-6-2)15(3)21(18)24-22(19)16(20)4/h10-13H,5-9,14H2,1-4H3. The minimum Gasteiger partial charge on any atom is -0.493 e. The Kier molecular flexibility index (Phi) is 5.45. The topological polar surface area (TPSA) is 9.23 Å². The van der Waals surface area contributed by atoms with E-state index in [-0.39, 0.29) is 0 Å². The number of aryl methyl sites for hydroxylation is 3. The zero-order chi connectivity index (χ0) is 17.1. The fraction of sp³-hybridized carbons (Fsp3) is 0.455. The first kappa shape index (κ1) is 17.3. The van der Waals surface area contributed by atoms with Crippen molar-refractivity contribution in [3.63, 3.8) is 0 Å². The molecule has 0 atom stereocenters. The van der Waals surface area contributed by atoms with Crippen molar-refractivity contribution in [2.24, 2.45) is 0 Å². The third-order valence-corrected chi connectivity index (χ3v) is 6.35. The number of hydrogen-bond acceptors (Lipinski definition) is 2. The number of unbranched alkanes of at least 4 members (excludes halogenated alkanes) is 2. The molecule has 0 radical (unpaired) electrons. The van der Waals surface area contributed by atoms with Gasteiger partial charge in [-0.3, -0.25) is 0 Å². The van der Waals surface area contributed by atoms with Crippen molar-refractivity contribution in [2.75, 3.05) is 6.61 Å². The number of fused-ring (bicyclic) bond motifs is 3.